The Hall–Kier alpha value is -1.13. The molecule has 3 atom stereocenters. The van der Waals surface area contributed by atoms with Gasteiger partial charge >= 0.3 is 0 Å². The number of hydrogen-bond acceptors (Lipinski definition) is 2. The van der Waals surface area contributed by atoms with Crippen molar-refractivity contribution in [2.24, 2.45) is 17.8 Å². The van der Waals surface area contributed by atoms with Crippen molar-refractivity contribution in [1.82, 2.24) is 5.32 Å². The molecule has 0 aliphatic heterocycles. The number of aliphatic hydroxyl groups excluding tert-OH is 1. The van der Waals surface area contributed by atoms with Crippen molar-refractivity contribution in [2.75, 3.05) is 6.54 Å². The van der Waals surface area contributed by atoms with E-state index in [1.807, 2.05) is 0 Å². The summed E-state index contributed by atoms with van der Waals surface area (Å²) in [4.78, 5) is 12.1. The van der Waals surface area contributed by atoms with E-state index in [2.05, 4.69) is 5.32 Å². The van der Waals surface area contributed by atoms with Gasteiger partial charge in [0.1, 0.15) is 5.82 Å². The van der Waals surface area contributed by atoms with Crippen molar-refractivity contribution in [1.29, 1.82) is 0 Å². The highest BCUT2D eigenvalue weighted by molar-refractivity contribution is 6.30. The van der Waals surface area contributed by atoms with Crippen molar-refractivity contribution >= 4 is 17.5 Å². The molecule has 0 heterocycles. The predicted octanol–water partition coefficient (Wildman–Crippen LogP) is 3.06. The molecule has 2 saturated carbocycles. The van der Waals surface area contributed by atoms with Gasteiger partial charge in [0.15, 0.2) is 0 Å². The topological polar surface area (TPSA) is 49.3 Å². The first-order valence-corrected chi connectivity index (χ1v) is 7.86. The first-order chi connectivity index (χ1) is 10.1. The SMILES string of the molecule is O=C(NCC(O)c1ccc(Cl)c(F)c1)C1C2CCCCC21. The second-order valence-electron chi connectivity index (χ2n) is 6.07. The molecule has 0 bridgehead atoms. The van der Waals surface area contributed by atoms with Gasteiger partial charge in [-0.25, -0.2) is 4.39 Å². The highest BCUT2D eigenvalue weighted by Gasteiger charge is 2.54. The molecule has 1 aromatic rings. The molecule has 1 amide bonds. The molecule has 0 spiro atoms. The molecule has 2 fully saturated rings. The van der Waals surface area contributed by atoms with Crippen LogP contribution in [0.5, 0.6) is 0 Å². The average Bonchev–Trinajstić information content (AvgIpc) is 3.21. The maximum absolute atomic E-state index is 13.3. The van der Waals surface area contributed by atoms with Gasteiger partial charge in [-0.1, -0.05) is 30.5 Å². The Morgan fingerprint density at radius 2 is 2.05 bits per heavy atom. The Morgan fingerprint density at radius 3 is 2.67 bits per heavy atom. The summed E-state index contributed by atoms with van der Waals surface area (Å²) in [6.45, 7) is 0.107. The average molecular weight is 312 g/mol. The minimum atomic E-state index is -0.915. The van der Waals surface area contributed by atoms with E-state index in [0.717, 1.165) is 12.8 Å². The quantitative estimate of drug-likeness (QED) is 0.898. The van der Waals surface area contributed by atoms with Crippen molar-refractivity contribution in [2.45, 2.75) is 31.8 Å². The molecule has 114 valence electrons. The highest BCUT2D eigenvalue weighted by atomic mass is 35.5. The molecule has 21 heavy (non-hydrogen) atoms. The lowest BCUT2D eigenvalue weighted by atomic mass is 10.0. The summed E-state index contributed by atoms with van der Waals surface area (Å²) in [6, 6.07) is 4.18. The Bertz CT molecular complexity index is 539. The normalized spacial score (nSPS) is 28.6. The van der Waals surface area contributed by atoms with Crippen molar-refractivity contribution < 1.29 is 14.3 Å². The zero-order chi connectivity index (χ0) is 15.0. The van der Waals surface area contributed by atoms with E-state index < -0.39 is 11.9 Å². The first-order valence-electron chi connectivity index (χ1n) is 7.48. The van der Waals surface area contributed by atoms with Gasteiger partial charge in [-0.3, -0.25) is 4.79 Å². The third kappa shape index (κ3) is 3.06. The van der Waals surface area contributed by atoms with E-state index in [4.69, 9.17) is 11.6 Å². The lowest BCUT2D eigenvalue weighted by molar-refractivity contribution is -0.123. The zero-order valence-corrected chi connectivity index (χ0v) is 12.4. The fourth-order valence-corrected chi connectivity index (χ4v) is 3.65. The second-order valence-corrected chi connectivity index (χ2v) is 6.48. The second kappa shape index (κ2) is 5.93. The third-order valence-electron chi connectivity index (χ3n) is 4.76. The monoisotopic (exact) mass is 311 g/mol. The number of fused-ring (bicyclic) bond motifs is 1. The Labute approximate surface area is 128 Å². The summed E-state index contributed by atoms with van der Waals surface area (Å²) in [5, 5.41) is 12.8. The number of hydrogen-bond donors (Lipinski definition) is 2. The van der Waals surface area contributed by atoms with Gasteiger partial charge < -0.3 is 10.4 Å². The minimum absolute atomic E-state index is 0.0250. The maximum Gasteiger partial charge on any atom is 0.223 e. The molecule has 1 aromatic carbocycles. The molecular weight excluding hydrogens is 293 g/mol. The van der Waals surface area contributed by atoms with Crippen LogP contribution in [0.15, 0.2) is 18.2 Å². The van der Waals surface area contributed by atoms with Crippen LogP contribution in [-0.4, -0.2) is 17.6 Å². The smallest absolute Gasteiger partial charge is 0.223 e. The van der Waals surface area contributed by atoms with Crippen LogP contribution in [0.1, 0.15) is 37.4 Å². The van der Waals surface area contributed by atoms with E-state index in [-0.39, 0.29) is 23.4 Å². The molecule has 0 saturated heterocycles. The van der Waals surface area contributed by atoms with E-state index in [1.165, 1.54) is 25.0 Å². The van der Waals surface area contributed by atoms with Gasteiger partial charge in [-0.2, -0.15) is 0 Å². The number of nitrogens with one attached hydrogen (secondary N) is 1. The number of benzene rings is 1. The van der Waals surface area contributed by atoms with E-state index in [0.29, 0.717) is 17.4 Å². The number of rotatable bonds is 4. The number of halogens is 2. The predicted molar refractivity (Wildman–Crippen MR) is 78.3 cm³/mol. The van der Waals surface area contributed by atoms with Gasteiger partial charge in [0.25, 0.3) is 0 Å². The molecule has 2 N–H and O–H groups in total. The lowest BCUT2D eigenvalue weighted by Gasteiger charge is -2.13. The number of carbonyl (C=O) groups is 1. The van der Waals surface area contributed by atoms with E-state index in [1.54, 1.807) is 6.07 Å². The minimum Gasteiger partial charge on any atom is -0.387 e. The maximum atomic E-state index is 13.3. The molecule has 0 aromatic heterocycles. The van der Waals surface area contributed by atoms with Crippen LogP contribution in [0.3, 0.4) is 0 Å². The van der Waals surface area contributed by atoms with Crippen LogP contribution < -0.4 is 5.32 Å². The lowest BCUT2D eigenvalue weighted by Crippen LogP contribution is -2.30. The highest BCUT2D eigenvalue weighted by Crippen LogP contribution is 2.55. The van der Waals surface area contributed by atoms with Crippen LogP contribution in [0.25, 0.3) is 0 Å². The summed E-state index contributed by atoms with van der Waals surface area (Å²) >= 11 is 5.61. The van der Waals surface area contributed by atoms with Crippen molar-refractivity contribution in [3.8, 4) is 0 Å². The van der Waals surface area contributed by atoms with Gasteiger partial charge in [-0.15, -0.1) is 0 Å². The largest absolute Gasteiger partial charge is 0.387 e. The van der Waals surface area contributed by atoms with Gasteiger partial charge in [0, 0.05) is 12.5 Å². The van der Waals surface area contributed by atoms with Gasteiger partial charge in [-0.05, 0) is 42.4 Å². The third-order valence-corrected chi connectivity index (χ3v) is 5.06. The summed E-state index contributed by atoms with van der Waals surface area (Å²) < 4.78 is 13.3. The summed E-state index contributed by atoms with van der Waals surface area (Å²) in [7, 11) is 0. The fraction of sp³-hybridized carbons (Fsp3) is 0.562. The number of amides is 1. The van der Waals surface area contributed by atoms with Crippen molar-refractivity contribution in [3.63, 3.8) is 0 Å². The van der Waals surface area contributed by atoms with Crippen LogP contribution in [0, 0.1) is 23.6 Å². The summed E-state index contributed by atoms with van der Waals surface area (Å²) in [5.41, 5.74) is 0.422. The van der Waals surface area contributed by atoms with Gasteiger partial charge in [0.2, 0.25) is 5.91 Å². The van der Waals surface area contributed by atoms with E-state index >= 15 is 0 Å². The molecule has 3 nitrogen and oxygen atoms in total. The van der Waals surface area contributed by atoms with Crippen LogP contribution in [-0.2, 0) is 4.79 Å². The number of carbonyl (C=O) groups excluding carboxylic acids is 1. The summed E-state index contributed by atoms with van der Waals surface area (Å²) in [6.07, 6.45) is 3.82. The molecule has 2 aliphatic carbocycles. The Balaban J connectivity index is 1.52. The van der Waals surface area contributed by atoms with Crippen LogP contribution in [0.2, 0.25) is 5.02 Å². The zero-order valence-electron chi connectivity index (χ0n) is 11.7. The Kier molecular flexibility index (Phi) is 4.18. The van der Waals surface area contributed by atoms with Gasteiger partial charge in [0.05, 0.1) is 11.1 Å². The van der Waals surface area contributed by atoms with Crippen molar-refractivity contribution in [3.05, 3.63) is 34.6 Å². The molecule has 3 unspecified atom stereocenters. The number of aliphatic hydroxyl groups is 1. The molecular formula is C16H19ClFNO2. The van der Waals surface area contributed by atoms with E-state index in [9.17, 15) is 14.3 Å². The van der Waals surface area contributed by atoms with Crippen LogP contribution >= 0.6 is 11.6 Å². The fourth-order valence-electron chi connectivity index (χ4n) is 3.53. The summed E-state index contributed by atoms with van der Waals surface area (Å²) in [5.74, 6) is 0.683. The van der Waals surface area contributed by atoms with Crippen LogP contribution in [0.4, 0.5) is 4.39 Å². The first kappa shape index (κ1) is 14.8. The molecule has 5 heteroatoms. The molecule has 3 rings (SSSR count). The standard InChI is InChI=1S/C16H19ClFNO2/c17-12-6-5-9(7-13(12)18)14(20)8-19-16(21)15-10-3-1-2-4-11(10)15/h5-7,10-11,14-15,20H,1-4,8H2,(H,19,21). The molecule has 0 radical (unpaired) electrons. The Morgan fingerprint density at radius 1 is 1.38 bits per heavy atom. The molecule has 2 aliphatic rings.